The molecule has 4 heterocycles. The maximum absolute atomic E-state index is 13.3. The minimum Gasteiger partial charge on any atom is -0.365 e. The lowest BCUT2D eigenvalue weighted by Gasteiger charge is -2.26. The second-order valence-electron chi connectivity index (χ2n) is 8.61. The van der Waals surface area contributed by atoms with Crippen LogP contribution in [-0.2, 0) is 0 Å². The van der Waals surface area contributed by atoms with E-state index in [9.17, 15) is 4.79 Å². The molecule has 170 valence electrons. The van der Waals surface area contributed by atoms with Crippen LogP contribution in [0.15, 0.2) is 66.9 Å². The first-order valence-corrected chi connectivity index (χ1v) is 11.5. The van der Waals surface area contributed by atoms with Gasteiger partial charge in [0.25, 0.3) is 5.91 Å². The number of amides is 1. The number of fused-ring (bicyclic) bond motifs is 2. The molecule has 1 aliphatic heterocycles. The molecular formula is C25H24N8O. The molecule has 0 radical (unpaired) electrons. The maximum atomic E-state index is 13.3. The van der Waals surface area contributed by atoms with Crippen LogP contribution in [0.4, 0.5) is 5.82 Å². The molecule has 1 saturated heterocycles. The zero-order chi connectivity index (χ0) is 22.9. The third-order valence-electron chi connectivity index (χ3n) is 6.30. The molecule has 0 saturated carbocycles. The van der Waals surface area contributed by atoms with Gasteiger partial charge in [0.15, 0.2) is 5.65 Å². The number of aromatic nitrogens is 6. The van der Waals surface area contributed by atoms with Crippen molar-refractivity contribution in [2.75, 3.05) is 18.4 Å². The number of carbonyl (C=O) groups excluding carboxylic acids is 1. The van der Waals surface area contributed by atoms with Gasteiger partial charge in [-0.05, 0) is 37.5 Å². The lowest BCUT2D eigenvalue weighted by molar-refractivity contribution is 0.0757. The number of likely N-dealkylation sites (tertiary alicyclic amines) is 1. The number of nitrogens with one attached hydrogen (secondary N) is 2. The van der Waals surface area contributed by atoms with Crippen LogP contribution in [0.25, 0.3) is 27.9 Å². The molecule has 1 unspecified atom stereocenters. The second kappa shape index (κ2) is 8.58. The highest BCUT2D eigenvalue weighted by Crippen LogP contribution is 2.24. The van der Waals surface area contributed by atoms with Crippen molar-refractivity contribution in [1.29, 1.82) is 0 Å². The standard InChI is InChI=1S/C25H24N8O/c34-25(18-9-10-20-22(14-18)30-31-29-20)32-13-5-4-8-19(16-32)27-24-15-21(17-6-2-1-3-7-17)28-23-11-12-26-33(23)24/h1-3,6-7,9-12,14-15,19,27H,4-5,8,13,16H2,(H,29,30,31). The van der Waals surface area contributed by atoms with Crippen molar-refractivity contribution in [1.82, 2.24) is 34.9 Å². The van der Waals surface area contributed by atoms with E-state index >= 15 is 0 Å². The number of hydrogen-bond donors (Lipinski definition) is 2. The number of benzene rings is 2. The summed E-state index contributed by atoms with van der Waals surface area (Å²) in [6.07, 6.45) is 4.74. The van der Waals surface area contributed by atoms with Crippen LogP contribution in [0.2, 0.25) is 0 Å². The smallest absolute Gasteiger partial charge is 0.254 e. The van der Waals surface area contributed by atoms with E-state index in [1.165, 1.54) is 0 Å². The molecule has 2 aromatic carbocycles. The highest BCUT2D eigenvalue weighted by atomic mass is 16.2. The molecule has 2 N–H and O–H groups in total. The number of carbonyl (C=O) groups is 1. The fraction of sp³-hybridized carbons (Fsp3) is 0.240. The Morgan fingerprint density at radius 1 is 1.00 bits per heavy atom. The Morgan fingerprint density at radius 3 is 2.79 bits per heavy atom. The van der Waals surface area contributed by atoms with Gasteiger partial charge in [0, 0.05) is 42.4 Å². The highest BCUT2D eigenvalue weighted by molar-refractivity contribution is 5.97. The van der Waals surface area contributed by atoms with E-state index in [1.807, 2.05) is 51.9 Å². The second-order valence-corrected chi connectivity index (χ2v) is 8.61. The maximum Gasteiger partial charge on any atom is 0.254 e. The van der Waals surface area contributed by atoms with Crippen LogP contribution in [0, 0.1) is 0 Å². The minimum absolute atomic E-state index is 0.0162. The molecule has 0 spiro atoms. The lowest BCUT2D eigenvalue weighted by Crippen LogP contribution is -2.39. The van der Waals surface area contributed by atoms with Gasteiger partial charge in [-0.3, -0.25) is 4.79 Å². The predicted molar refractivity (Wildman–Crippen MR) is 129 cm³/mol. The number of aromatic amines is 1. The topological polar surface area (TPSA) is 104 Å². The summed E-state index contributed by atoms with van der Waals surface area (Å²) in [6, 6.07) is 19.6. The van der Waals surface area contributed by atoms with Gasteiger partial charge in [-0.15, -0.1) is 0 Å². The Balaban J connectivity index is 1.27. The third-order valence-corrected chi connectivity index (χ3v) is 6.30. The van der Waals surface area contributed by atoms with Gasteiger partial charge in [0.05, 0.1) is 11.9 Å². The van der Waals surface area contributed by atoms with Crippen molar-refractivity contribution in [3.05, 3.63) is 72.4 Å². The summed E-state index contributed by atoms with van der Waals surface area (Å²) in [4.78, 5) is 20.0. The number of hydrogen-bond acceptors (Lipinski definition) is 6. The van der Waals surface area contributed by atoms with E-state index in [4.69, 9.17) is 4.98 Å². The first kappa shape index (κ1) is 20.3. The predicted octanol–water partition coefficient (Wildman–Crippen LogP) is 3.77. The molecule has 34 heavy (non-hydrogen) atoms. The van der Waals surface area contributed by atoms with Gasteiger partial charge >= 0.3 is 0 Å². The van der Waals surface area contributed by atoms with Crippen molar-refractivity contribution in [2.24, 2.45) is 0 Å². The van der Waals surface area contributed by atoms with Crippen LogP contribution in [0.3, 0.4) is 0 Å². The van der Waals surface area contributed by atoms with Gasteiger partial charge in [-0.25, -0.2) is 4.98 Å². The van der Waals surface area contributed by atoms with Crippen LogP contribution in [0.5, 0.6) is 0 Å². The van der Waals surface area contributed by atoms with E-state index < -0.39 is 0 Å². The molecule has 1 aliphatic rings. The summed E-state index contributed by atoms with van der Waals surface area (Å²) in [5, 5.41) is 18.9. The normalized spacial score (nSPS) is 16.6. The summed E-state index contributed by atoms with van der Waals surface area (Å²) in [6.45, 7) is 1.35. The summed E-state index contributed by atoms with van der Waals surface area (Å²) >= 11 is 0. The average Bonchev–Trinajstić information content (AvgIpc) is 3.49. The number of rotatable bonds is 4. The molecule has 1 atom stereocenters. The van der Waals surface area contributed by atoms with Gasteiger partial charge < -0.3 is 10.2 Å². The molecular weight excluding hydrogens is 428 g/mol. The van der Waals surface area contributed by atoms with E-state index in [0.717, 1.165) is 54.0 Å². The summed E-state index contributed by atoms with van der Waals surface area (Å²) in [7, 11) is 0. The molecule has 6 rings (SSSR count). The van der Waals surface area contributed by atoms with Crippen molar-refractivity contribution in [2.45, 2.75) is 25.3 Å². The van der Waals surface area contributed by atoms with Gasteiger partial charge in [0.2, 0.25) is 0 Å². The molecule has 9 heteroatoms. The molecule has 9 nitrogen and oxygen atoms in total. The van der Waals surface area contributed by atoms with Gasteiger partial charge in [0.1, 0.15) is 16.9 Å². The Morgan fingerprint density at radius 2 is 1.88 bits per heavy atom. The number of anilines is 1. The Labute approximate surface area is 195 Å². The van der Waals surface area contributed by atoms with Crippen molar-refractivity contribution >= 4 is 28.4 Å². The Hall–Kier alpha value is -4.27. The molecule has 0 aliphatic carbocycles. The van der Waals surface area contributed by atoms with Crippen molar-refractivity contribution in [3.8, 4) is 11.3 Å². The van der Waals surface area contributed by atoms with E-state index in [1.54, 1.807) is 12.3 Å². The molecule has 5 aromatic rings. The van der Waals surface area contributed by atoms with Gasteiger partial charge in [-0.1, -0.05) is 30.3 Å². The number of nitrogens with zero attached hydrogens (tertiary/aromatic N) is 6. The quantitative estimate of drug-likeness (QED) is 0.430. The molecule has 1 amide bonds. The summed E-state index contributed by atoms with van der Waals surface area (Å²) in [5.74, 6) is 0.889. The van der Waals surface area contributed by atoms with Gasteiger partial charge in [-0.2, -0.15) is 25.0 Å². The average molecular weight is 453 g/mol. The first-order chi connectivity index (χ1) is 16.7. The SMILES string of the molecule is O=C(c1ccc2n[nH]nc2c1)N1CCCCC(Nc2cc(-c3ccccc3)nc3ccnn23)C1. The molecule has 0 bridgehead atoms. The van der Waals surface area contributed by atoms with Crippen molar-refractivity contribution < 1.29 is 4.79 Å². The summed E-state index contributed by atoms with van der Waals surface area (Å²) < 4.78 is 1.82. The minimum atomic E-state index is 0.0162. The fourth-order valence-electron chi connectivity index (χ4n) is 4.58. The van der Waals surface area contributed by atoms with Crippen LogP contribution in [0.1, 0.15) is 29.6 Å². The van der Waals surface area contributed by atoms with Crippen LogP contribution < -0.4 is 5.32 Å². The monoisotopic (exact) mass is 452 g/mol. The van der Waals surface area contributed by atoms with E-state index in [0.29, 0.717) is 17.6 Å². The fourth-order valence-corrected chi connectivity index (χ4v) is 4.58. The largest absolute Gasteiger partial charge is 0.365 e. The molecule has 1 fully saturated rings. The lowest BCUT2D eigenvalue weighted by atomic mass is 10.1. The highest BCUT2D eigenvalue weighted by Gasteiger charge is 2.24. The van der Waals surface area contributed by atoms with E-state index in [-0.39, 0.29) is 11.9 Å². The van der Waals surface area contributed by atoms with Crippen LogP contribution in [-0.4, -0.2) is 59.9 Å². The first-order valence-electron chi connectivity index (χ1n) is 11.5. The molecule has 3 aromatic heterocycles. The number of H-pyrrole nitrogens is 1. The van der Waals surface area contributed by atoms with Crippen molar-refractivity contribution in [3.63, 3.8) is 0 Å². The zero-order valence-corrected chi connectivity index (χ0v) is 18.6. The Kier molecular flexibility index (Phi) is 5.14. The third kappa shape index (κ3) is 3.85. The van der Waals surface area contributed by atoms with Crippen LogP contribution >= 0.6 is 0 Å². The summed E-state index contributed by atoms with van der Waals surface area (Å²) in [5.41, 5.74) is 4.80. The Bertz CT molecular complexity index is 1460. The van der Waals surface area contributed by atoms with E-state index in [2.05, 4.69) is 38.0 Å². The zero-order valence-electron chi connectivity index (χ0n) is 18.6.